The molecule has 0 radical (unpaired) electrons. The number of anilines is 1. The fourth-order valence-electron chi connectivity index (χ4n) is 3.34. The van der Waals surface area contributed by atoms with Crippen LogP contribution in [0.3, 0.4) is 0 Å². The van der Waals surface area contributed by atoms with E-state index < -0.39 is 40.4 Å². The van der Waals surface area contributed by atoms with Crippen LogP contribution in [0.2, 0.25) is 0 Å². The van der Waals surface area contributed by atoms with E-state index in [9.17, 15) is 27.2 Å². The van der Waals surface area contributed by atoms with Gasteiger partial charge in [0.25, 0.3) is 5.91 Å². The summed E-state index contributed by atoms with van der Waals surface area (Å²) in [5.41, 5.74) is 0.321. The van der Waals surface area contributed by atoms with Crippen LogP contribution in [-0.4, -0.2) is 50.3 Å². The Kier molecular flexibility index (Phi) is 7.77. The van der Waals surface area contributed by atoms with E-state index in [1.807, 2.05) is 5.32 Å². The standard InChI is InChI=1S/C22H24FN3O6S/c1-15-9-10-16(13-19(15)33(30,31)26-11-5-2-6-12-26)21(28)32-14-20(27)25-22(29)24-18-8-4-3-7-17(18)23/h3-4,7-10,13H,2,5-6,11-12,14H2,1H3,(H2,24,25,27,29). The number of piperidine rings is 1. The van der Waals surface area contributed by atoms with Crippen molar-refractivity contribution < 1.29 is 31.9 Å². The summed E-state index contributed by atoms with van der Waals surface area (Å²) in [5.74, 6) is -2.54. The van der Waals surface area contributed by atoms with Crippen LogP contribution in [0.25, 0.3) is 0 Å². The average Bonchev–Trinajstić information content (AvgIpc) is 2.79. The number of nitrogens with zero attached hydrogens (tertiary/aromatic N) is 1. The fourth-order valence-corrected chi connectivity index (χ4v) is 5.11. The van der Waals surface area contributed by atoms with Gasteiger partial charge in [-0.15, -0.1) is 0 Å². The lowest BCUT2D eigenvalue weighted by atomic mass is 10.1. The number of benzene rings is 2. The van der Waals surface area contributed by atoms with Crippen molar-refractivity contribution in [3.8, 4) is 0 Å². The molecule has 1 heterocycles. The van der Waals surface area contributed by atoms with Gasteiger partial charge in [-0.05, 0) is 49.6 Å². The molecule has 3 amide bonds. The second-order valence-corrected chi connectivity index (χ2v) is 9.41. The number of sulfonamides is 1. The summed E-state index contributed by atoms with van der Waals surface area (Å²) in [7, 11) is -3.77. The second-order valence-electron chi connectivity index (χ2n) is 7.50. The lowest BCUT2D eigenvalue weighted by molar-refractivity contribution is -0.123. The predicted molar refractivity (Wildman–Crippen MR) is 118 cm³/mol. The number of urea groups is 1. The van der Waals surface area contributed by atoms with Crippen LogP contribution in [0.1, 0.15) is 35.2 Å². The Labute approximate surface area is 191 Å². The van der Waals surface area contributed by atoms with Crippen molar-refractivity contribution in [3.63, 3.8) is 0 Å². The maximum atomic E-state index is 13.6. The number of hydrogen-bond donors (Lipinski definition) is 2. The molecule has 1 aliphatic rings. The van der Waals surface area contributed by atoms with Crippen LogP contribution in [0.4, 0.5) is 14.9 Å². The number of aryl methyl sites for hydroxylation is 1. The number of ether oxygens (including phenoxy) is 1. The van der Waals surface area contributed by atoms with Crippen LogP contribution in [0.15, 0.2) is 47.4 Å². The van der Waals surface area contributed by atoms with Gasteiger partial charge in [-0.25, -0.2) is 22.4 Å². The van der Waals surface area contributed by atoms with E-state index in [2.05, 4.69) is 5.32 Å². The smallest absolute Gasteiger partial charge is 0.338 e. The van der Waals surface area contributed by atoms with Crippen molar-refractivity contribution in [2.24, 2.45) is 0 Å². The van der Waals surface area contributed by atoms with Crippen molar-refractivity contribution in [2.45, 2.75) is 31.1 Å². The quantitative estimate of drug-likeness (QED) is 0.617. The van der Waals surface area contributed by atoms with Crippen molar-refractivity contribution in [2.75, 3.05) is 25.0 Å². The van der Waals surface area contributed by atoms with Crippen molar-refractivity contribution in [3.05, 3.63) is 59.4 Å². The number of imide groups is 1. The fraction of sp³-hybridized carbons (Fsp3) is 0.318. The minimum absolute atomic E-state index is 0.00701. The number of esters is 1. The first kappa shape index (κ1) is 24.3. The molecule has 176 valence electrons. The molecule has 3 rings (SSSR count). The van der Waals surface area contributed by atoms with Crippen LogP contribution in [-0.2, 0) is 19.6 Å². The van der Waals surface area contributed by atoms with Gasteiger partial charge < -0.3 is 10.1 Å². The SMILES string of the molecule is Cc1ccc(C(=O)OCC(=O)NC(=O)Nc2ccccc2F)cc1S(=O)(=O)N1CCCCC1. The van der Waals surface area contributed by atoms with Crippen molar-refractivity contribution >= 4 is 33.6 Å². The third-order valence-corrected chi connectivity index (χ3v) is 7.11. The summed E-state index contributed by atoms with van der Waals surface area (Å²) >= 11 is 0. The molecule has 0 saturated carbocycles. The highest BCUT2D eigenvalue weighted by Crippen LogP contribution is 2.24. The van der Waals surface area contributed by atoms with E-state index in [1.165, 1.54) is 40.7 Å². The third-order valence-electron chi connectivity index (χ3n) is 5.07. The number of nitrogens with one attached hydrogen (secondary N) is 2. The lowest BCUT2D eigenvalue weighted by Gasteiger charge is -2.26. The van der Waals surface area contributed by atoms with Crippen LogP contribution < -0.4 is 10.6 Å². The number of rotatable bonds is 6. The highest BCUT2D eigenvalue weighted by atomic mass is 32.2. The number of amides is 3. The van der Waals surface area contributed by atoms with Gasteiger partial charge in [-0.3, -0.25) is 10.1 Å². The van der Waals surface area contributed by atoms with E-state index >= 15 is 0 Å². The first-order valence-corrected chi connectivity index (χ1v) is 11.8. The van der Waals surface area contributed by atoms with Gasteiger partial charge in [0.15, 0.2) is 6.61 Å². The molecule has 33 heavy (non-hydrogen) atoms. The zero-order chi connectivity index (χ0) is 24.0. The van der Waals surface area contributed by atoms with Crippen molar-refractivity contribution in [1.82, 2.24) is 9.62 Å². The summed E-state index contributed by atoms with van der Waals surface area (Å²) in [6.45, 7) is 1.69. The molecular weight excluding hydrogens is 453 g/mol. The van der Waals surface area contributed by atoms with Gasteiger partial charge in [-0.2, -0.15) is 4.31 Å². The predicted octanol–water partition coefficient (Wildman–Crippen LogP) is 2.81. The van der Waals surface area contributed by atoms with E-state index in [4.69, 9.17) is 4.74 Å². The molecule has 1 fully saturated rings. The molecule has 0 unspecified atom stereocenters. The summed E-state index contributed by atoms with van der Waals surface area (Å²) in [5, 5.41) is 4.08. The number of hydrogen-bond acceptors (Lipinski definition) is 6. The highest BCUT2D eigenvalue weighted by molar-refractivity contribution is 7.89. The number of para-hydroxylation sites is 1. The Morgan fingerprint density at radius 2 is 1.76 bits per heavy atom. The first-order valence-electron chi connectivity index (χ1n) is 10.3. The Bertz CT molecular complexity index is 1160. The Hall–Kier alpha value is -3.31. The molecule has 2 N–H and O–H groups in total. The molecule has 2 aromatic carbocycles. The number of carbonyl (C=O) groups is 3. The largest absolute Gasteiger partial charge is 0.452 e. The molecule has 1 saturated heterocycles. The monoisotopic (exact) mass is 477 g/mol. The number of carbonyl (C=O) groups excluding carboxylic acids is 3. The maximum Gasteiger partial charge on any atom is 0.338 e. The molecule has 9 nitrogen and oxygen atoms in total. The lowest BCUT2D eigenvalue weighted by Crippen LogP contribution is -2.37. The summed E-state index contributed by atoms with van der Waals surface area (Å²) in [4.78, 5) is 36.1. The molecule has 0 aromatic heterocycles. The van der Waals surface area contributed by atoms with Gasteiger partial charge in [0.2, 0.25) is 10.0 Å². The Morgan fingerprint density at radius 3 is 2.45 bits per heavy atom. The van der Waals surface area contributed by atoms with Crippen LogP contribution >= 0.6 is 0 Å². The molecule has 11 heteroatoms. The third kappa shape index (κ3) is 6.14. The minimum atomic E-state index is -3.77. The molecule has 1 aliphatic heterocycles. The van der Waals surface area contributed by atoms with Gasteiger partial charge in [0.05, 0.1) is 16.1 Å². The number of halogens is 1. The maximum absolute atomic E-state index is 13.6. The summed E-state index contributed by atoms with van der Waals surface area (Å²) < 4.78 is 45.8. The van der Waals surface area contributed by atoms with Crippen LogP contribution in [0, 0.1) is 12.7 Å². The van der Waals surface area contributed by atoms with E-state index in [0.717, 1.165) is 25.3 Å². The van der Waals surface area contributed by atoms with Crippen molar-refractivity contribution in [1.29, 1.82) is 0 Å². The zero-order valence-corrected chi connectivity index (χ0v) is 18.8. The van der Waals surface area contributed by atoms with E-state index in [1.54, 1.807) is 6.92 Å². The second kappa shape index (κ2) is 10.5. The van der Waals surface area contributed by atoms with Crippen LogP contribution in [0.5, 0.6) is 0 Å². The summed E-state index contributed by atoms with van der Waals surface area (Å²) in [6, 6.07) is 8.52. The molecule has 0 bridgehead atoms. The molecular formula is C22H24FN3O6S. The minimum Gasteiger partial charge on any atom is -0.452 e. The Balaban J connectivity index is 1.60. The van der Waals surface area contributed by atoms with Gasteiger partial charge in [0.1, 0.15) is 5.82 Å². The Morgan fingerprint density at radius 1 is 1.06 bits per heavy atom. The highest BCUT2D eigenvalue weighted by Gasteiger charge is 2.28. The van der Waals surface area contributed by atoms with E-state index in [-0.39, 0.29) is 16.1 Å². The van der Waals surface area contributed by atoms with Gasteiger partial charge in [0, 0.05) is 13.1 Å². The topological polar surface area (TPSA) is 122 Å². The molecule has 2 aromatic rings. The first-order chi connectivity index (χ1) is 15.7. The normalized spacial score (nSPS) is 14.4. The molecule has 0 atom stereocenters. The van der Waals surface area contributed by atoms with Gasteiger partial charge >= 0.3 is 12.0 Å². The summed E-state index contributed by atoms with van der Waals surface area (Å²) in [6.07, 6.45) is 2.52. The van der Waals surface area contributed by atoms with Gasteiger partial charge in [-0.1, -0.05) is 24.6 Å². The average molecular weight is 478 g/mol. The zero-order valence-electron chi connectivity index (χ0n) is 18.0. The van der Waals surface area contributed by atoms with E-state index in [0.29, 0.717) is 18.7 Å². The molecule has 0 aliphatic carbocycles. The molecule has 0 spiro atoms.